The standard InChI is InChI=1S/C21H25FO2/c1-6-24-19(23)11-15(4)18-12-17(10-16(5)21(18)22)20-13(2)8-7-9-14(20)3/h7-10,12,15H,6,11H2,1-5H3/t15-/m0/s1. The maximum atomic E-state index is 14.6. The molecule has 0 saturated heterocycles. The van der Waals surface area contributed by atoms with Gasteiger partial charge in [-0.05, 0) is 79.1 Å². The fourth-order valence-corrected chi connectivity index (χ4v) is 3.15. The van der Waals surface area contributed by atoms with Gasteiger partial charge in [-0.1, -0.05) is 25.1 Å². The maximum absolute atomic E-state index is 14.6. The molecule has 2 rings (SSSR count). The van der Waals surface area contributed by atoms with Crippen LogP contribution >= 0.6 is 0 Å². The second kappa shape index (κ2) is 7.61. The number of hydrogen-bond donors (Lipinski definition) is 0. The number of aryl methyl sites for hydroxylation is 3. The number of rotatable bonds is 5. The van der Waals surface area contributed by atoms with E-state index in [4.69, 9.17) is 4.74 Å². The third-order valence-electron chi connectivity index (χ3n) is 4.36. The molecule has 0 aliphatic rings. The first kappa shape index (κ1) is 18.2. The van der Waals surface area contributed by atoms with E-state index >= 15 is 0 Å². The van der Waals surface area contributed by atoms with Gasteiger partial charge in [-0.25, -0.2) is 4.39 Å². The quantitative estimate of drug-likeness (QED) is 0.680. The van der Waals surface area contributed by atoms with E-state index in [0.717, 1.165) is 22.3 Å². The van der Waals surface area contributed by atoms with Gasteiger partial charge in [0.15, 0.2) is 0 Å². The zero-order chi connectivity index (χ0) is 17.9. The van der Waals surface area contributed by atoms with Crippen LogP contribution < -0.4 is 0 Å². The summed E-state index contributed by atoms with van der Waals surface area (Å²) in [5, 5.41) is 0. The monoisotopic (exact) mass is 328 g/mol. The van der Waals surface area contributed by atoms with Crippen LogP contribution in [-0.4, -0.2) is 12.6 Å². The Labute approximate surface area is 143 Å². The smallest absolute Gasteiger partial charge is 0.306 e. The zero-order valence-corrected chi connectivity index (χ0v) is 15.1. The lowest BCUT2D eigenvalue weighted by atomic mass is 9.89. The average molecular weight is 328 g/mol. The van der Waals surface area contributed by atoms with Crippen LogP contribution in [0, 0.1) is 26.6 Å². The molecule has 0 saturated carbocycles. The molecule has 0 aromatic heterocycles. The SMILES string of the molecule is CCOC(=O)C[C@H](C)c1cc(-c2c(C)cccc2C)cc(C)c1F. The summed E-state index contributed by atoms with van der Waals surface area (Å²) in [5.74, 6) is -0.756. The molecule has 24 heavy (non-hydrogen) atoms. The van der Waals surface area contributed by atoms with Crippen LogP contribution in [0.5, 0.6) is 0 Å². The molecule has 1 atom stereocenters. The third-order valence-corrected chi connectivity index (χ3v) is 4.36. The van der Waals surface area contributed by atoms with E-state index in [-0.39, 0.29) is 24.1 Å². The summed E-state index contributed by atoms with van der Waals surface area (Å²) < 4.78 is 19.6. The molecule has 0 bridgehead atoms. The molecular weight excluding hydrogens is 303 g/mol. The Morgan fingerprint density at radius 2 is 1.75 bits per heavy atom. The van der Waals surface area contributed by atoms with Crippen LogP contribution in [0.15, 0.2) is 30.3 Å². The van der Waals surface area contributed by atoms with Crippen LogP contribution in [0.2, 0.25) is 0 Å². The highest BCUT2D eigenvalue weighted by atomic mass is 19.1. The van der Waals surface area contributed by atoms with Crippen molar-refractivity contribution in [3.05, 3.63) is 58.4 Å². The Bertz CT molecular complexity index is 729. The highest BCUT2D eigenvalue weighted by Gasteiger charge is 2.19. The fourth-order valence-electron chi connectivity index (χ4n) is 3.15. The Kier molecular flexibility index (Phi) is 5.76. The van der Waals surface area contributed by atoms with Gasteiger partial charge in [-0.15, -0.1) is 0 Å². The second-order valence-corrected chi connectivity index (χ2v) is 6.37. The highest BCUT2D eigenvalue weighted by Crippen LogP contribution is 2.33. The molecule has 0 unspecified atom stereocenters. The largest absolute Gasteiger partial charge is 0.466 e. The lowest BCUT2D eigenvalue weighted by Crippen LogP contribution is -2.10. The van der Waals surface area contributed by atoms with Crippen molar-refractivity contribution in [1.29, 1.82) is 0 Å². The van der Waals surface area contributed by atoms with Gasteiger partial charge >= 0.3 is 5.97 Å². The summed E-state index contributed by atoms with van der Waals surface area (Å²) in [5.41, 5.74) is 5.61. The first-order valence-corrected chi connectivity index (χ1v) is 8.37. The van der Waals surface area contributed by atoms with E-state index in [9.17, 15) is 9.18 Å². The zero-order valence-electron chi connectivity index (χ0n) is 15.1. The van der Waals surface area contributed by atoms with Crippen molar-refractivity contribution in [2.45, 2.75) is 47.0 Å². The van der Waals surface area contributed by atoms with Crippen molar-refractivity contribution >= 4 is 5.97 Å². The van der Waals surface area contributed by atoms with Crippen LogP contribution in [0.4, 0.5) is 4.39 Å². The van der Waals surface area contributed by atoms with Gasteiger partial charge in [0, 0.05) is 0 Å². The predicted octanol–water partition coefficient (Wildman–Crippen LogP) is 5.47. The molecule has 2 aromatic rings. The third kappa shape index (κ3) is 3.84. The molecule has 0 radical (unpaired) electrons. The lowest BCUT2D eigenvalue weighted by molar-refractivity contribution is -0.143. The molecule has 2 aromatic carbocycles. The van der Waals surface area contributed by atoms with Gasteiger partial charge in [-0.2, -0.15) is 0 Å². The Balaban J connectivity index is 2.47. The van der Waals surface area contributed by atoms with Crippen LogP contribution in [-0.2, 0) is 9.53 Å². The van der Waals surface area contributed by atoms with Crippen LogP contribution in [0.1, 0.15) is 48.4 Å². The van der Waals surface area contributed by atoms with Crippen molar-refractivity contribution in [1.82, 2.24) is 0 Å². The summed E-state index contributed by atoms with van der Waals surface area (Å²) in [6, 6.07) is 9.90. The molecule has 0 aliphatic heterocycles. The fraction of sp³-hybridized carbons (Fsp3) is 0.381. The Morgan fingerprint density at radius 3 is 2.33 bits per heavy atom. The van der Waals surface area contributed by atoms with Gasteiger partial charge < -0.3 is 4.74 Å². The van der Waals surface area contributed by atoms with E-state index in [1.807, 2.05) is 25.1 Å². The van der Waals surface area contributed by atoms with Gasteiger partial charge in [0.2, 0.25) is 0 Å². The van der Waals surface area contributed by atoms with E-state index in [1.54, 1.807) is 13.8 Å². The number of ether oxygens (including phenoxy) is 1. The van der Waals surface area contributed by atoms with Crippen molar-refractivity contribution in [2.75, 3.05) is 6.61 Å². The normalized spacial score (nSPS) is 12.1. The lowest BCUT2D eigenvalue weighted by Gasteiger charge is -2.17. The number of carbonyl (C=O) groups is 1. The maximum Gasteiger partial charge on any atom is 0.306 e. The van der Waals surface area contributed by atoms with Gasteiger partial charge in [0.05, 0.1) is 13.0 Å². The first-order chi connectivity index (χ1) is 11.3. The minimum Gasteiger partial charge on any atom is -0.466 e. The Hall–Kier alpha value is -2.16. The molecule has 0 heterocycles. The van der Waals surface area contributed by atoms with Gasteiger partial charge in [0.1, 0.15) is 5.82 Å². The summed E-state index contributed by atoms with van der Waals surface area (Å²) >= 11 is 0. The first-order valence-electron chi connectivity index (χ1n) is 8.37. The van der Waals surface area contributed by atoms with Gasteiger partial charge in [-0.3, -0.25) is 4.79 Å². The average Bonchev–Trinajstić information content (AvgIpc) is 2.50. The minimum atomic E-state index is -0.292. The number of benzene rings is 2. The van der Waals surface area contributed by atoms with Crippen molar-refractivity contribution in [3.63, 3.8) is 0 Å². The number of esters is 1. The molecule has 2 nitrogen and oxygen atoms in total. The molecule has 0 N–H and O–H groups in total. The van der Waals surface area contributed by atoms with E-state index in [1.165, 1.54) is 0 Å². The molecule has 0 spiro atoms. The molecular formula is C21H25FO2. The Morgan fingerprint density at radius 1 is 1.12 bits per heavy atom. The second-order valence-electron chi connectivity index (χ2n) is 6.37. The summed E-state index contributed by atoms with van der Waals surface area (Å²) in [4.78, 5) is 11.7. The minimum absolute atomic E-state index is 0.181. The molecule has 3 heteroatoms. The highest BCUT2D eigenvalue weighted by molar-refractivity contribution is 5.73. The van der Waals surface area contributed by atoms with E-state index in [2.05, 4.69) is 26.0 Å². The van der Waals surface area contributed by atoms with Crippen LogP contribution in [0.25, 0.3) is 11.1 Å². The number of hydrogen-bond acceptors (Lipinski definition) is 2. The van der Waals surface area contributed by atoms with Crippen LogP contribution in [0.3, 0.4) is 0 Å². The molecule has 0 amide bonds. The van der Waals surface area contributed by atoms with Crippen molar-refractivity contribution in [3.8, 4) is 11.1 Å². The molecule has 128 valence electrons. The number of halogens is 1. The predicted molar refractivity (Wildman–Crippen MR) is 95.7 cm³/mol. The molecule has 0 fully saturated rings. The number of carbonyl (C=O) groups excluding carboxylic acids is 1. The van der Waals surface area contributed by atoms with E-state index in [0.29, 0.717) is 17.7 Å². The summed E-state index contributed by atoms with van der Waals surface area (Å²) in [6.07, 6.45) is 0.181. The van der Waals surface area contributed by atoms with Crippen molar-refractivity contribution in [2.24, 2.45) is 0 Å². The summed E-state index contributed by atoms with van der Waals surface area (Å²) in [6.45, 7) is 9.87. The topological polar surface area (TPSA) is 26.3 Å². The van der Waals surface area contributed by atoms with E-state index < -0.39 is 0 Å². The van der Waals surface area contributed by atoms with Crippen molar-refractivity contribution < 1.29 is 13.9 Å². The molecule has 0 aliphatic carbocycles. The van der Waals surface area contributed by atoms with Gasteiger partial charge in [0.25, 0.3) is 0 Å². The summed E-state index contributed by atoms with van der Waals surface area (Å²) in [7, 11) is 0.